The Morgan fingerprint density at radius 3 is 2.12 bits per heavy atom. The van der Waals surface area contributed by atoms with Gasteiger partial charge in [-0.25, -0.2) is 0 Å². The number of rotatable bonds is 15. The van der Waals surface area contributed by atoms with Crippen LogP contribution in [0.25, 0.3) is 0 Å². The summed E-state index contributed by atoms with van der Waals surface area (Å²) in [7, 11) is 1.99. The van der Waals surface area contributed by atoms with Crippen LogP contribution in [-0.4, -0.2) is 52.7 Å². The molecule has 0 aromatic heterocycles. The van der Waals surface area contributed by atoms with Gasteiger partial charge in [0.25, 0.3) is 0 Å². The number of aliphatic hydroxyl groups is 2. The monoisotopic (exact) mass is 680 g/mol. The number of hydrogen-bond acceptors (Lipinski definition) is 8. The molecular formula is C40H48N4O6. The molecule has 0 unspecified atom stereocenters. The predicted octanol–water partition coefficient (Wildman–Crippen LogP) is 6.50. The molecule has 0 saturated carbocycles. The maximum Gasteiger partial charge on any atom is 0.224 e. The van der Waals surface area contributed by atoms with Crippen molar-refractivity contribution >= 4 is 28.9 Å². The first-order chi connectivity index (χ1) is 24.2. The lowest BCUT2D eigenvalue weighted by molar-refractivity contribution is -0.253. The van der Waals surface area contributed by atoms with Crippen molar-refractivity contribution in [3.8, 4) is 0 Å². The number of nitrogens with one attached hydrogen (secondary N) is 2. The minimum atomic E-state index is -0.652. The van der Waals surface area contributed by atoms with E-state index < -0.39 is 12.4 Å². The second kappa shape index (κ2) is 17.9. The number of anilines is 3. The van der Waals surface area contributed by atoms with Crippen molar-refractivity contribution in [1.29, 1.82) is 0 Å². The molecule has 50 heavy (non-hydrogen) atoms. The molecule has 2 amide bonds. The van der Waals surface area contributed by atoms with Crippen molar-refractivity contribution in [2.45, 2.75) is 76.3 Å². The van der Waals surface area contributed by atoms with Crippen LogP contribution in [0.5, 0.6) is 0 Å². The number of nitrogens with zero attached hydrogens (tertiary/aromatic N) is 1. The molecule has 1 heterocycles. The lowest BCUT2D eigenvalue weighted by Crippen LogP contribution is -2.43. The molecule has 5 rings (SSSR count). The third-order valence-corrected chi connectivity index (χ3v) is 9.16. The normalized spacial score (nSPS) is 18.7. The van der Waals surface area contributed by atoms with Gasteiger partial charge in [-0.2, -0.15) is 0 Å². The quantitative estimate of drug-likeness (QED) is 0.0707. The first-order valence-corrected chi connectivity index (χ1v) is 17.2. The Kier molecular flexibility index (Phi) is 13.1. The summed E-state index contributed by atoms with van der Waals surface area (Å²) in [6.45, 7) is 2.55. The largest absolute Gasteiger partial charge is 0.397 e. The zero-order chi connectivity index (χ0) is 35.5. The predicted molar refractivity (Wildman–Crippen MR) is 195 cm³/mol. The van der Waals surface area contributed by atoms with Gasteiger partial charge < -0.3 is 36.1 Å². The SMILES string of the molecule is C[C@H]([C@@H](O)c1ccccc1)N(C)C[C@H]1C[C@@H](c2ccc(CO)cc2)O[C@@H](c2ccc(NC(=O)CCCCC(=O)Nc3ccccc3N)cc2)O1. The van der Waals surface area contributed by atoms with E-state index in [2.05, 4.69) is 15.5 Å². The number of aliphatic hydroxyl groups excluding tert-OH is 2. The van der Waals surface area contributed by atoms with Gasteiger partial charge in [0.15, 0.2) is 6.29 Å². The number of benzene rings is 4. The van der Waals surface area contributed by atoms with Gasteiger partial charge in [0.05, 0.1) is 36.3 Å². The fourth-order valence-corrected chi connectivity index (χ4v) is 6.03. The molecule has 6 N–H and O–H groups in total. The molecule has 0 spiro atoms. The number of ether oxygens (including phenoxy) is 2. The third kappa shape index (κ3) is 10.2. The van der Waals surface area contributed by atoms with Gasteiger partial charge in [-0.1, -0.05) is 78.9 Å². The van der Waals surface area contributed by atoms with Crippen molar-refractivity contribution < 1.29 is 29.3 Å². The van der Waals surface area contributed by atoms with Crippen LogP contribution in [0.2, 0.25) is 0 Å². The van der Waals surface area contributed by atoms with E-state index in [1.807, 2.05) is 105 Å². The molecule has 10 nitrogen and oxygen atoms in total. The second-order valence-corrected chi connectivity index (χ2v) is 12.9. The van der Waals surface area contributed by atoms with Crippen LogP contribution in [0.3, 0.4) is 0 Å². The number of carbonyl (C=O) groups is 2. The maximum absolute atomic E-state index is 12.6. The Hall–Kier alpha value is -4.58. The lowest BCUT2D eigenvalue weighted by Gasteiger charge is -2.39. The van der Waals surface area contributed by atoms with Gasteiger partial charge in [-0.05, 0) is 67.8 Å². The maximum atomic E-state index is 12.6. The summed E-state index contributed by atoms with van der Waals surface area (Å²) >= 11 is 0. The standard InChI is InChI=1S/C40H48N4O6/c1-27(39(48)30-10-4-3-5-11-30)44(2)25-33-24-36(29-18-16-28(26-45)17-19-29)50-40(49-33)31-20-22-32(23-21-31)42-37(46)14-8-9-15-38(47)43-35-13-7-6-12-34(35)41/h3-7,10-13,16-23,27,33,36,39-40,45,48H,8-9,14-15,24-26,41H2,1-2H3,(H,42,46)(H,43,47)/t27-,33-,36+,39-,40+/m1/s1. The van der Waals surface area contributed by atoms with E-state index in [1.165, 1.54) is 0 Å². The van der Waals surface area contributed by atoms with E-state index in [4.69, 9.17) is 15.2 Å². The van der Waals surface area contributed by atoms with Crippen LogP contribution >= 0.6 is 0 Å². The number of nitrogen functional groups attached to an aromatic ring is 1. The number of carbonyl (C=O) groups excluding carboxylic acids is 2. The van der Waals surface area contributed by atoms with Crippen LogP contribution in [0.15, 0.2) is 103 Å². The topological polar surface area (TPSA) is 146 Å². The van der Waals surface area contributed by atoms with Gasteiger partial charge in [0.1, 0.15) is 0 Å². The molecule has 0 radical (unpaired) electrons. The van der Waals surface area contributed by atoms with Crippen molar-refractivity contribution in [3.05, 3.63) is 125 Å². The van der Waals surface area contributed by atoms with Crippen molar-refractivity contribution in [2.75, 3.05) is 30.0 Å². The molecule has 1 aliphatic rings. The first kappa shape index (κ1) is 36.7. The Balaban J connectivity index is 1.17. The van der Waals surface area contributed by atoms with E-state index in [-0.39, 0.29) is 36.7 Å². The molecule has 1 fully saturated rings. The smallest absolute Gasteiger partial charge is 0.224 e. The Bertz CT molecular complexity index is 1670. The fourth-order valence-electron chi connectivity index (χ4n) is 6.03. The number of hydrogen-bond donors (Lipinski definition) is 5. The van der Waals surface area contributed by atoms with Crippen LogP contribution in [-0.2, 0) is 25.7 Å². The summed E-state index contributed by atoms with van der Waals surface area (Å²) in [5.41, 5.74) is 11.1. The molecule has 0 aliphatic carbocycles. The molecule has 5 atom stereocenters. The van der Waals surface area contributed by atoms with E-state index in [1.54, 1.807) is 12.1 Å². The van der Waals surface area contributed by atoms with Crippen molar-refractivity contribution in [1.82, 2.24) is 4.90 Å². The first-order valence-electron chi connectivity index (χ1n) is 17.2. The van der Waals surface area contributed by atoms with E-state index in [9.17, 15) is 19.8 Å². The average molecular weight is 681 g/mol. The molecule has 264 valence electrons. The summed E-state index contributed by atoms with van der Waals surface area (Å²) in [6, 6.07) is 31.8. The Morgan fingerprint density at radius 2 is 1.46 bits per heavy atom. The van der Waals surface area contributed by atoms with E-state index in [0.29, 0.717) is 55.7 Å². The van der Waals surface area contributed by atoms with Gasteiger partial charge in [-0.3, -0.25) is 14.5 Å². The highest BCUT2D eigenvalue weighted by molar-refractivity contribution is 5.94. The van der Waals surface area contributed by atoms with E-state index in [0.717, 1.165) is 22.3 Å². The number of unbranched alkanes of at least 4 members (excludes halogenated alkanes) is 1. The van der Waals surface area contributed by atoms with Crippen LogP contribution in [0.1, 0.15) is 79.8 Å². The molecule has 1 aliphatic heterocycles. The number of amides is 2. The summed E-state index contributed by atoms with van der Waals surface area (Å²) in [4.78, 5) is 27.0. The number of para-hydroxylation sites is 2. The fraction of sp³-hybridized carbons (Fsp3) is 0.350. The van der Waals surface area contributed by atoms with Gasteiger partial charge in [0.2, 0.25) is 11.8 Å². The van der Waals surface area contributed by atoms with Gasteiger partial charge in [0, 0.05) is 43.1 Å². The highest BCUT2D eigenvalue weighted by Gasteiger charge is 2.34. The zero-order valence-corrected chi connectivity index (χ0v) is 28.7. The molecular weight excluding hydrogens is 632 g/mol. The summed E-state index contributed by atoms with van der Waals surface area (Å²) in [6.07, 6.45) is 0.604. The van der Waals surface area contributed by atoms with Crippen molar-refractivity contribution in [2.24, 2.45) is 0 Å². The number of nitrogens with two attached hydrogens (primary N) is 1. The highest BCUT2D eigenvalue weighted by Crippen LogP contribution is 2.38. The van der Waals surface area contributed by atoms with Crippen molar-refractivity contribution in [3.63, 3.8) is 0 Å². The van der Waals surface area contributed by atoms with Gasteiger partial charge in [-0.15, -0.1) is 0 Å². The van der Waals surface area contributed by atoms with Crippen LogP contribution in [0.4, 0.5) is 17.1 Å². The molecule has 4 aromatic carbocycles. The van der Waals surface area contributed by atoms with Crippen LogP contribution in [0, 0.1) is 0 Å². The third-order valence-electron chi connectivity index (χ3n) is 9.16. The average Bonchev–Trinajstić information content (AvgIpc) is 3.14. The second-order valence-electron chi connectivity index (χ2n) is 12.9. The Labute approximate surface area is 294 Å². The van der Waals surface area contributed by atoms with Crippen LogP contribution < -0.4 is 16.4 Å². The highest BCUT2D eigenvalue weighted by atomic mass is 16.7. The minimum Gasteiger partial charge on any atom is -0.397 e. The molecule has 4 aromatic rings. The molecule has 0 bridgehead atoms. The summed E-state index contributed by atoms with van der Waals surface area (Å²) in [5, 5.41) is 26.3. The summed E-state index contributed by atoms with van der Waals surface area (Å²) < 4.78 is 13.0. The van der Waals surface area contributed by atoms with Gasteiger partial charge >= 0.3 is 0 Å². The van der Waals surface area contributed by atoms with E-state index >= 15 is 0 Å². The lowest BCUT2D eigenvalue weighted by atomic mass is 9.98. The Morgan fingerprint density at radius 1 is 0.840 bits per heavy atom. The molecule has 10 heteroatoms. The zero-order valence-electron chi connectivity index (χ0n) is 28.7. The molecule has 1 saturated heterocycles. The summed E-state index contributed by atoms with van der Waals surface area (Å²) in [5.74, 6) is -0.263. The minimum absolute atomic E-state index is 0.0304. The number of likely N-dealkylation sites (N-methyl/N-ethyl adjacent to an activating group) is 1.